The SMILES string of the molecule is COC1C=COC2(C)Oc3c(C)c(O)c4c(O)c(c5scnc5c4c3C2=O)NC(=O)C(C)=CC=CC(C)C(O)C(C)C(O)C(C)C(OC(C)=O)C1C. The van der Waals surface area contributed by atoms with Crippen molar-refractivity contribution in [2.45, 2.75) is 85.6 Å². The Kier molecular flexibility index (Phi) is 11.1. The molecule has 9 unspecified atom stereocenters. The van der Waals surface area contributed by atoms with Crippen LogP contribution in [0.25, 0.3) is 21.0 Å². The summed E-state index contributed by atoms with van der Waals surface area (Å²) in [7, 11) is 1.46. The molecule has 3 aromatic rings. The molecule has 14 heteroatoms. The van der Waals surface area contributed by atoms with E-state index in [1.807, 2.05) is 0 Å². The van der Waals surface area contributed by atoms with Crippen molar-refractivity contribution >= 4 is 55.7 Å². The molecule has 3 heterocycles. The average molecular weight is 739 g/mol. The van der Waals surface area contributed by atoms with E-state index in [1.165, 1.54) is 45.7 Å². The van der Waals surface area contributed by atoms with Crippen LogP contribution in [-0.4, -0.2) is 80.4 Å². The molecule has 5 N–H and O–H groups in total. The van der Waals surface area contributed by atoms with Crippen molar-refractivity contribution in [3.05, 3.63) is 52.8 Å². The molecular weight excluding hydrogens is 692 g/mol. The Labute approximate surface area is 305 Å². The van der Waals surface area contributed by atoms with E-state index in [4.69, 9.17) is 18.9 Å². The number of rotatable bonds is 2. The Morgan fingerprint density at radius 3 is 2.35 bits per heavy atom. The number of nitrogens with zero attached hydrogens (tertiary/aromatic N) is 1. The highest BCUT2D eigenvalue weighted by Crippen LogP contribution is 2.54. The van der Waals surface area contributed by atoms with E-state index in [0.29, 0.717) is 4.70 Å². The predicted octanol–water partition coefficient (Wildman–Crippen LogP) is 5.66. The van der Waals surface area contributed by atoms with Crippen LogP contribution < -0.4 is 10.1 Å². The number of ether oxygens (including phenoxy) is 4. The predicted molar refractivity (Wildman–Crippen MR) is 195 cm³/mol. The summed E-state index contributed by atoms with van der Waals surface area (Å²) in [6.45, 7) is 12.8. The summed E-state index contributed by atoms with van der Waals surface area (Å²) < 4.78 is 23.9. The summed E-state index contributed by atoms with van der Waals surface area (Å²) in [6, 6.07) is 0. The number of methoxy groups -OCH3 is 1. The fourth-order valence-corrected chi connectivity index (χ4v) is 7.86. The topological polar surface area (TPSA) is 194 Å². The largest absolute Gasteiger partial charge is 0.507 e. The summed E-state index contributed by atoms with van der Waals surface area (Å²) in [5.74, 6) is -6.74. The first-order chi connectivity index (χ1) is 24.4. The van der Waals surface area contributed by atoms with Gasteiger partial charge in [0.25, 0.3) is 11.7 Å². The van der Waals surface area contributed by atoms with Crippen molar-refractivity contribution in [1.82, 2.24) is 4.98 Å². The molecule has 52 heavy (non-hydrogen) atoms. The second kappa shape index (κ2) is 14.9. The van der Waals surface area contributed by atoms with Gasteiger partial charge in [-0.25, -0.2) is 4.98 Å². The third kappa shape index (κ3) is 6.75. The molecular formula is C38H46N2O11S. The maximum absolute atomic E-state index is 14.2. The molecule has 0 spiro atoms. The van der Waals surface area contributed by atoms with Gasteiger partial charge in [0.05, 0.1) is 51.3 Å². The number of esters is 1. The molecule has 2 aliphatic heterocycles. The van der Waals surface area contributed by atoms with Crippen molar-refractivity contribution in [1.29, 1.82) is 0 Å². The van der Waals surface area contributed by atoms with Gasteiger partial charge in [-0.1, -0.05) is 45.9 Å². The van der Waals surface area contributed by atoms with Crippen molar-refractivity contribution in [3.63, 3.8) is 0 Å². The summed E-state index contributed by atoms with van der Waals surface area (Å²) in [6.07, 6.45) is 3.93. The van der Waals surface area contributed by atoms with Gasteiger partial charge in [0.1, 0.15) is 23.3 Å². The number of thiazole rings is 1. The second-order valence-corrected chi connectivity index (χ2v) is 14.7. The molecule has 1 aromatic heterocycles. The minimum Gasteiger partial charge on any atom is -0.507 e. The van der Waals surface area contributed by atoms with Crippen LogP contribution in [0.3, 0.4) is 0 Å². The van der Waals surface area contributed by atoms with Crippen molar-refractivity contribution in [3.8, 4) is 17.2 Å². The number of benzene rings is 2. The number of nitrogens with one attached hydrogen (secondary N) is 1. The molecule has 13 nitrogen and oxygen atoms in total. The van der Waals surface area contributed by atoms with Crippen LogP contribution in [0.5, 0.6) is 17.2 Å². The number of hydrogen-bond acceptors (Lipinski definition) is 13. The van der Waals surface area contributed by atoms with Crippen molar-refractivity contribution < 1.29 is 53.8 Å². The quantitative estimate of drug-likeness (QED) is 0.160. The molecule has 9 atom stereocenters. The number of ketones is 1. The van der Waals surface area contributed by atoms with E-state index < -0.39 is 77.3 Å². The Balaban J connectivity index is 1.68. The van der Waals surface area contributed by atoms with Crippen molar-refractivity contribution in [2.24, 2.45) is 23.7 Å². The molecule has 0 aliphatic carbocycles. The summed E-state index contributed by atoms with van der Waals surface area (Å²) >= 11 is 1.13. The number of carbonyl (C=O) groups is 3. The van der Waals surface area contributed by atoms with Crippen LogP contribution in [0.4, 0.5) is 5.69 Å². The Morgan fingerprint density at radius 2 is 1.69 bits per heavy atom. The zero-order valence-electron chi connectivity index (χ0n) is 30.6. The fraction of sp³-hybridized carbons (Fsp3) is 0.474. The number of allylic oxidation sites excluding steroid dienone is 2. The van der Waals surface area contributed by atoms with Gasteiger partial charge < -0.3 is 44.7 Å². The third-order valence-corrected chi connectivity index (χ3v) is 11.1. The number of phenolic OH excluding ortho intramolecular Hbond substituents is 2. The van der Waals surface area contributed by atoms with E-state index in [0.717, 1.165) is 11.3 Å². The van der Waals surface area contributed by atoms with Gasteiger partial charge in [-0.05, 0) is 19.9 Å². The van der Waals surface area contributed by atoms with Gasteiger partial charge >= 0.3 is 11.8 Å². The zero-order chi connectivity index (χ0) is 38.4. The van der Waals surface area contributed by atoms with Crippen LogP contribution in [0.15, 0.2) is 41.6 Å². The zero-order valence-corrected chi connectivity index (χ0v) is 31.4. The van der Waals surface area contributed by atoms with E-state index in [1.54, 1.807) is 52.8 Å². The highest BCUT2D eigenvalue weighted by molar-refractivity contribution is 7.17. The smallest absolute Gasteiger partial charge is 0.312 e. The number of aliphatic hydroxyl groups excluding tert-OH is 2. The molecule has 0 fully saturated rings. The molecule has 0 radical (unpaired) electrons. The van der Waals surface area contributed by atoms with E-state index in [2.05, 4.69) is 10.3 Å². The maximum Gasteiger partial charge on any atom is 0.312 e. The molecule has 0 saturated heterocycles. The minimum atomic E-state index is -1.92. The number of aromatic hydroxyl groups is 2. The van der Waals surface area contributed by atoms with E-state index in [9.17, 15) is 34.8 Å². The lowest BCUT2D eigenvalue weighted by molar-refractivity contribution is -0.160. The molecule has 2 aliphatic rings. The number of anilines is 1. The Hall–Kier alpha value is -4.50. The Morgan fingerprint density at radius 1 is 1.00 bits per heavy atom. The molecule has 5 rings (SSSR count). The molecule has 4 bridgehead atoms. The van der Waals surface area contributed by atoms with Gasteiger partial charge in [-0.3, -0.25) is 14.4 Å². The summed E-state index contributed by atoms with van der Waals surface area (Å²) in [4.78, 5) is 44.4. The third-order valence-electron chi connectivity index (χ3n) is 10.3. The Bertz CT molecular complexity index is 2000. The highest BCUT2D eigenvalue weighted by Gasteiger charge is 2.49. The maximum atomic E-state index is 14.2. The van der Waals surface area contributed by atoms with Gasteiger partial charge in [-0.15, -0.1) is 11.3 Å². The first-order valence-corrected chi connectivity index (χ1v) is 17.9. The van der Waals surface area contributed by atoms with Gasteiger partial charge in [0, 0.05) is 61.2 Å². The number of phenols is 2. The highest BCUT2D eigenvalue weighted by atomic mass is 32.1. The molecule has 280 valence electrons. The van der Waals surface area contributed by atoms with E-state index >= 15 is 0 Å². The van der Waals surface area contributed by atoms with Crippen LogP contribution in [-0.2, 0) is 23.8 Å². The fourth-order valence-electron chi connectivity index (χ4n) is 7.06. The normalized spacial score (nSPS) is 30.3. The number of amides is 1. The van der Waals surface area contributed by atoms with Crippen LogP contribution >= 0.6 is 11.3 Å². The first-order valence-electron chi connectivity index (χ1n) is 17.0. The number of aromatic nitrogens is 1. The number of hydrogen-bond donors (Lipinski definition) is 5. The lowest BCUT2D eigenvalue weighted by Gasteiger charge is -2.38. The first kappa shape index (κ1) is 38.7. The van der Waals surface area contributed by atoms with Crippen molar-refractivity contribution in [2.75, 3.05) is 12.4 Å². The number of carbonyl (C=O) groups excluding carboxylic acids is 3. The molecule has 2 aromatic carbocycles. The lowest BCUT2D eigenvalue weighted by atomic mass is 9.78. The summed E-state index contributed by atoms with van der Waals surface area (Å²) in [5.41, 5.74) is 2.23. The average Bonchev–Trinajstić information content (AvgIpc) is 3.69. The minimum absolute atomic E-state index is 0.0108. The number of Topliss-reactive ketones (excluding diaryl/α,β-unsaturated/α-hetero) is 1. The van der Waals surface area contributed by atoms with Crippen LogP contribution in [0, 0.1) is 30.6 Å². The lowest BCUT2D eigenvalue weighted by Crippen LogP contribution is -2.46. The molecule has 0 saturated carbocycles. The van der Waals surface area contributed by atoms with E-state index in [-0.39, 0.29) is 50.2 Å². The standard InChI is InChI=1S/C38H46N2O11S/c1-16-11-10-12-17(2)37(47)40-28-32(45)25-24(27-35(28)52-15-39-27)26-34(21(6)31(25)44)51-38(8,36(26)46)49-14-13-23(48-9)18(3)33(50-22(7)41)20(5)30(43)19(4)29(16)42/h10-16,18-20,23,29-30,33,42-45H,1-9H3,(H,40,47). The second-order valence-electron chi connectivity index (χ2n) is 13.9. The summed E-state index contributed by atoms with van der Waals surface area (Å²) in [5, 5.41) is 48.5. The van der Waals surface area contributed by atoms with Gasteiger partial charge in [0.15, 0.2) is 5.75 Å². The monoisotopic (exact) mass is 738 g/mol. The van der Waals surface area contributed by atoms with Gasteiger partial charge in [-0.2, -0.15) is 0 Å². The van der Waals surface area contributed by atoms with Crippen LogP contribution in [0.2, 0.25) is 0 Å². The molecule has 1 amide bonds. The number of fused-ring (bicyclic) bond motifs is 1. The van der Waals surface area contributed by atoms with Gasteiger partial charge in [0.2, 0.25) is 0 Å². The van der Waals surface area contributed by atoms with Crippen LogP contribution in [0.1, 0.15) is 64.4 Å². The number of aliphatic hydroxyl groups is 2.